The Morgan fingerprint density at radius 3 is 2.65 bits per heavy atom. The number of fused-ring (bicyclic) bond motifs is 1. The summed E-state index contributed by atoms with van der Waals surface area (Å²) in [6.45, 7) is 0.800. The van der Waals surface area contributed by atoms with Crippen LogP contribution in [0.5, 0.6) is 0 Å². The molecule has 0 aromatic carbocycles. The molecule has 4 rings (SSSR count). The van der Waals surface area contributed by atoms with E-state index >= 15 is 0 Å². The van der Waals surface area contributed by atoms with Crippen LogP contribution in [0.2, 0.25) is 0 Å². The lowest BCUT2D eigenvalue weighted by atomic mass is 9.86. The molecule has 0 amide bonds. The van der Waals surface area contributed by atoms with Crippen LogP contribution in [0, 0.1) is 5.92 Å². The third kappa shape index (κ3) is 2.80. The highest BCUT2D eigenvalue weighted by Crippen LogP contribution is 2.40. The van der Waals surface area contributed by atoms with Crippen LogP contribution in [0.4, 0.5) is 0 Å². The molecule has 2 aliphatic rings. The van der Waals surface area contributed by atoms with Crippen LogP contribution >= 0.6 is 0 Å². The van der Waals surface area contributed by atoms with Gasteiger partial charge in [0.15, 0.2) is 0 Å². The molecule has 3 heterocycles. The Morgan fingerprint density at radius 1 is 1.04 bits per heavy atom. The Morgan fingerprint density at radius 2 is 1.87 bits per heavy atom. The van der Waals surface area contributed by atoms with Gasteiger partial charge in [0.1, 0.15) is 12.2 Å². The van der Waals surface area contributed by atoms with Gasteiger partial charge in [-0.2, -0.15) is 0 Å². The SMILES string of the molecule is O=c1cc(-c2ccncn2)nc2n1CCCCC2C1CCCC1. The van der Waals surface area contributed by atoms with Crippen LogP contribution in [0.15, 0.2) is 29.5 Å². The molecule has 1 atom stereocenters. The summed E-state index contributed by atoms with van der Waals surface area (Å²) >= 11 is 0. The standard InChI is InChI=1S/C18H22N4O/c23-17-11-16(15-8-9-19-12-20-15)21-18-14(13-5-1-2-6-13)7-3-4-10-22(17)18/h8-9,11-14H,1-7,10H2. The number of hydrogen-bond acceptors (Lipinski definition) is 4. The van der Waals surface area contributed by atoms with Crippen molar-refractivity contribution in [2.75, 3.05) is 0 Å². The lowest BCUT2D eigenvalue weighted by Gasteiger charge is -2.23. The van der Waals surface area contributed by atoms with Gasteiger partial charge in [0.05, 0.1) is 11.4 Å². The van der Waals surface area contributed by atoms with Crippen LogP contribution < -0.4 is 5.56 Å². The number of aromatic nitrogens is 4. The minimum absolute atomic E-state index is 0.0634. The Kier molecular flexibility index (Phi) is 3.93. The molecule has 0 bridgehead atoms. The Balaban J connectivity index is 1.82. The molecular formula is C18H22N4O. The van der Waals surface area contributed by atoms with E-state index in [-0.39, 0.29) is 5.56 Å². The van der Waals surface area contributed by atoms with Crippen LogP contribution in [-0.4, -0.2) is 19.5 Å². The zero-order valence-corrected chi connectivity index (χ0v) is 13.3. The molecule has 120 valence electrons. The highest BCUT2D eigenvalue weighted by Gasteiger charge is 2.31. The van der Waals surface area contributed by atoms with Crippen molar-refractivity contribution in [2.45, 2.75) is 57.4 Å². The number of nitrogens with zero attached hydrogens (tertiary/aromatic N) is 4. The Hall–Kier alpha value is -2.04. The number of hydrogen-bond donors (Lipinski definition) is 0. The molecule has 2 aromatic rings. The monoisotopic (exact) mass is 310 g/mol. The summed E-state index contributed by atoms with van der Waals surface area (Å²) in [6, 6.07) is 3.45. The fraction of sp³-hybridized carbons (Fsp3) is 0.556. The van der Waals surface area contributed by atoms with Crippen molar-refractivity contribution in [3.05, 3.63) is 40.8 Å². The van der Waals surface area contributed by atoms with E-state index < -0.39 is 0 Å². The topological polar surface area (TPSA) is 60.7 Å². The summed E-state index contributed by atoms with van der Waals surface area (Å²) in [4.78, 5) is 25.8. The Labute approximate surface area is 135 Å². The van der Waals surface area contributed by atoms with Gasteiger partial charge in [-0.1, -0.05) is 19.3 Å². The first-order chi connectivity index (χ1) is 11.3. The van der Waals surface area contributed by atoms with E-state index in [0.717, 1.165) is 30.9 Å². The zero-order valence-electron chi connectivity index (χ0n) is 13.3. The minimum Gasteiger partial charge on any atom is -0.296 e. The molecule has 5 nitrogen and oxygen atoms in total. The predicted molar refractivity (Wildman–Crippen MR) is 88.1 cm³/mol. The van der Waals surface area contributed by atoms with Gasteiger partial charge in [-0.3, -0.25) is 9.36 Å². The molecule has 23 heavy (non-hydrogen) atoms. The van der Waals surface area contributed by atoms with Crippen LogP contribution in [0.3, 0.4) is 0 Å². The molecular weight excluding hydrogens is 288 g/mol. The van der Waals surface area contributed by atoms with Crippen LogP contribution in [0.1, 0.15) is 56.7 Å². The van der Waals surface area contributed by atoms with E-state index in [1.807, 2.05) is 10.6 Å². The van der Waals surface area contributed by atoms with Gasteiger partial charge in [0.25, 0.3) is 5.56 Å². The summed E-state index contributed by atoms with van der Waals surface area (Å²) in [5.41, 5.74) is 1.48. The molecule has 1 unspecified atom stereocenters. The van der Waals surface area contributed by atoms with Gasteiger partial charge in [0.2, 0.25) is 0 Å². The van der Waals surface area contributed by atoms with Crippen molar-refractivity contribution in [3.8, 4) is 11.4 Å². The first-order valence-electron chi connectivity index (χ1n) is 8.71. The smallest absolute Gasteiger partial charge is 0.254 e. The first-order valence-corrected chi connectivity index (χ1v) is 8.71. The molecule has 1 aliphatic carbocycles. The maximum Gasteiger partial charge on any atom is 0.254 e. The molecule has 1 fully saturated rings. The van der Waals surface area contributed by atoms with Gasteiger partial charge in [-0.15, -0.1) is 0 Å². The van der Waals surface area contributed by atoms with Crippen molar-refractivity contribution in [1.29, 1.82) is 0 Å². The molecule has 1 saturated carbocycles. The van der Waals surface area contributed by atoms with Crippen molar-refractivity contribution in [2.24, 2.45) is 5.92 Å². The molecule has 0 radical (unpaired) electrons. The van der Waals surface area contributed by atoms with Crippen molar-refractivity contribution in [3.63, 3.8) is 0 Å². The predicted octanol–water partition coefficient (Wildman–Crippen LogP) is 3.16. The maximum atomic E-state index is 12.7. The third-order valence-corrected chi connectivity index (χ3v) is 5.33. The second-order valence-electron chi connectivity index (χ2n) is 6.73. The van der Waals surface area contributed by atoms with Crippen LogP contribution in [0.25, 0.3) is 11.4 Å². The quantitative estimate of drug-likeness (QED) is 0.855. The molecule has 0 spiro atoms. The summed E-state index contributed by atoms with van der Waals surface area (Å²) in [5.74, 6) is 2.11. The maximum absolute atomic E-state index is 12.7. The van der Waals surface area contributed by atoms with Crippen molar-refractivity contribution in [1.82, 2.24) is 19.5 Å². The molecule has 0 saturated heterocycles. The fourth-order valence-corrected chi connectivity index (χ4v) is 4.17. The van der Waals surface area contributed by atoms with Gasteiger partial charge in [-0.25, -0.2) is 15.0 Å². The van der Waals surface area contributed by atoms with E-state index in [0.29, 0.717) is 17.5 Å². The average molecular weight is 310 g/mol. The van der Waals surface area contributed by atoms with E-state index in [1.54, 1.807) is 12.3 Å². The van der Waals surface area contributed by atoms with E-state index in [9.17, 15) is 4.79 Å². The van der Waals surface area contributed by atoms with E-state index in [2.05, 4.69) is 9.97 Å². The molecule has 5 heteroatoms. The lowest BCUT2D eigenvalue weighted by molar-refractivity contribution is 0.391. The zero-order chi connectivity index (χ0) is 15.6. The normalized spacial score (nSPS) is 21.8. The summed E-state index contributed by atoms with van der Waals surface area (Å²) < 4.78 is 1.92. The summed E-state index contributed by atoms with van der Waals surface area (Å²) in [7, 11) is 0. The highest BCUT2D eigenvalue weighted by atomic mass is 16.1. The molecule has 2 aromatic heterocycles. The van der Waals surface area contributed by atoms with E-state index in [4.69, 9.17) is 4.98 Å². The largest absolute Gasteiger partial charge is 0.296 e. The van der Waals surface area contributed by atoms with Crippen molar-refractivity contribution >= 4 is 0 Å². The van der Waals surface area contributed by atoms with Gasteiger partial charge in [0, 0.05) is 24.7 Å². The number of rotatable bonds is 2. The molecule has 0 N–H and O–H groups in total. The van der Waals surface area contributed by atoms with Gasteiger partial charge < -0.3 is 0 Å². The summed E-state index contributed by atoms with van der Waals surface area (Å²) in [6.07, 6.45) is 11.8. The second kappa shape index (κ2) is 6.22. The van der Waals surface area contributed by atoms with Crippen LogP contribution in [-0.2, 0) is 6.54 Å². The average Bonchev–Trinajstić information content (AvgIpc) is 3.02. The van der Waals surface area contributed by atoms with Gasteiger partial charge in [-0.05, 0) is 37.7 Å². The minimum atomic E-state index is 0.0634. The summed E-state index contributed by atoms with van der Waals surface area (Å²) in [5, 5.41) is 0. The highest BCUT2D eigenvalue weighted by molar-refractivity contribution is 5.52. The van der Waals surface area contributed by atoms with E-state index in [1.165, 1.54) is 38.4 Å². The third-order valence-electron chi connectivity index (χ3n) is 5.33. The fourth-order valence-electron chi connectivity index (χ4n) is 4.17. The lowest BCUT2D eigenvalue weighted by Crippen LogP contribution is -2.27. The second-order valence-corrected chi connectivity index (χ2v) is 6.73. The van der Waals surface area contributed by atoms with Crippen molar-refractivity contribution < 1.29 is 0 Å². The first kappa shape index (κ1) is 14.5. The van der Waals surface area contributed by atoms with Gasteiger partial charge >= 0.3 is 0 Å². The Bertz CT molecular complexity index is 734. The molecule has 1 aliphatic heterocycles.